The largest absolute Gasteiger partial charge is 0.291 e. The van der Waals surface area contributed by atoms with E-state index in [0.29, 0.717) is 6.42 Å². The zero-order chi connectivity index (χ0) is 9.68. The van der Waals surface area contributed by atoms with Gasteiger partial charge in [0.05, 0.1) is 0 Å². The minimum Gasteiger partial charge on any atom is -0.291 e. The van der Waals surface area contributed by atoms with Crippen molar-refractivity contribution < 1.29 is 4.79 Å². The molecule has 0 spiro atoms. The van der Waals surface area contributed by atoms with Gasteiger partial charge in [-0.15, -0.1) is 0 Å². The maximum atomic E-state index is 9.95. The lowest BCUT2D eigenvalue weighted by Crippen LogP contribution is -1.76. The molecule has 0 fully saturated rings. The highest BCUT2D eigenvalue weighted by atomic mass is 79.9. The molecule has 0 aliphatic carbocycles. The molecule has 0 heterocycles. The van der Waals surface area contributed by atoms with Crippen molar-refractivity contribution in [2.75, 3.05) is 0 Å². The molecule has 67 valence electrons. The van der Waals surface area contributed by atoms with Crippen LogP contribution in [-0.4, -0.2) is 6.29 Å². The quantitative estimate of drug-likeness (QED) is 0.831. The van der Waals surface area contributed by atoms with Crippen molar-refractivity contribution in [3.8, 4) is 0 Å². The number of hydrogen-bond acceptors (Lipinski definition) is 1. The molecular weight excluding hydrogens is 296 g/mol. The lowest BCUT2D eigenvalue weighted by molar-refractivity contribution is 0.556. The van der Waals surface area contributed by atoms with Crippen molar-refractivity contribution in [3.05, 3.63) is 38.8 Å². The summed E-state index contributed by atoms with van der Waals surface area (Å²) in [5.74, 6) is 0. The Hall–Kier alpha value is -0.410. The molecule has 0 aromatic heterocycles. The van der Waals surface area contributed by atoms with E-state index < -0.39 is 0 Å². The minimum atomic E-state index is 0.332. The van der Waals surface area contributed by atoms with Crippen LogP contribution in [0.5, 0.6) is 0 Å². The first kappa shape index (κ1) is 10.7. The highest BCUT2D eigenvalue weighted by Gasteiger charge is 1.95. The predicted octanol–water partition coefficient (Wildman–Crippen LogP) is 3.72. The van der Waals surface area contributed by atoms with Gasteiger partial charge in [-0.1, -0.05) is 44.0 Å². The van der Waals surface area contributed by atoms with Crippen LogP contribution in [0.2, 0.25) is 0 Å². The van der Waals surface area contributed by atoms with E-state index in [1.807, 2.05) is 30.6 Å². The highest BCUT2D eigenvalue weighted by Crippen LogP contribution is 2.22. The Kier molecular flexibility index (Phi) is 4.39. The normalized spacial score (nSPS) is 10.6. The van der Waals surface area contributed by atoms with Gasteiger partial charge in [0.1, 0.15) is 0 Å². The fourth-order valence-corrected chi connectivity index (χ4v) is 1.63. The molecule has 13 heavy (non-hydrogen) atoms. The Balaban J connectivity index is 2.86. The van der Waals surface area contributed by atoms with Gasteiger partial charge in [0.2, 0.25) is 6.29 Å². The van der Waals surface area contributed by atoms with Gasteiger partial charge < -0.3 is 0 Å². The van der Waals surface area contributed by atoms with Crippen molar-refractivity contribution in [1.29, 1.82) is 0 Å². The number of allylic oxidation sites excluding steroid dienone is 1. The zero-order valence-electron chi connectivity index (χ0n) is 6.76. The van der Waals surface area contributed by atoms with Crippen molar-refractivity contribution in [2.24, 2.45) is 0 Å². The van der Waals surface area contributed by atoms with Crippen LogP contribution in [0.25, 0.3) is 6.08 Å². The van der Waals surface area contributed by atoms with Crippen LogP contribution in [0.4, 0.5) is 0 Å². The molecule has 0 aliphatic heterocycles. The standard InChI is InChI=1S/C10H7Br2O/c11-9-4-5-10(12)8(7-9)3-1-2-6-13/h1,3-5,7H,2H2/b3-1+. The van der Waals surface area contributed by atoms with Crippen LogP contribution in [0, 0.1) is 0 Å². The summed E-state index contributed by atoms with van der Waals surface area (Å²) in [6.07, 6.45) is 5.81. The average molecular weight is 303 g/mol. The number of rotatable bonds is 3. The Labute approximate surface area is 94.1 Å². The molecule has 1 aromatic rings. The van der Waals surface area contributed by atoms with Gasteiger partial charge in [-0.2, -0.15) is 0 Å². The third-order valence-electron chi connectivity index (χ3n) is 1.46. The van der Waals surface area contributed by atoms with E-state index in [1.165, 1.54) is 0 Å². The Morgan fingerprint density at radius 2 is 2.15 bits per heavy atom. The molecule has 0 saturated carbocycles. The van der Waals surface area contributed by atoms with Crippen LogP contribution in [0.15, 0.2) is 33.2 Å². The summed E-state index contributed by atoms with van der Waals surface area (Å²) in [7, 11) is 0. The fourth-order valence-electron chi connectivity index (χ4n) is 0.876. The van der Waals surface area contributed by atoms with E-state index in [0.717, 1.165) is 14.5 Å². The van der Waals surface area contributed by atoms with Gasteiger partial charge in [0, 0.05) is 15.4 Å². The predicted molar refractivity (Wildman–Crippen MR) is 61.2 cm³/mol. The van der Waals surface area contributed by atoms with Crippen LogP contribution in [-0.2, 0) is 4.79 Å². The van der Waals surface area contributed by atoms with Gasteiger partial charge in [-0.3, -0.25) is 4.79 Å². The molecule has 1 nitrogen and oxygen atoms in total. The lowest BCUT2D eigenvalue weighted by atomic mass is 10.2. The second kappa shape index (κ2) is 5.35. The summed E-state index contributed by atoms with van der Waals surface area (Å²) >= 11 is 6.79. The molecule has 1 radical (unpaired) electrons. The molecule has 3 heteroatoms. The van der Waals surface area contributed by atoms with Crippen LogP contribution >= 0.6 is 31.9 Å². The lowest BCUT2D eigenvalue weighted by Gasteiger charge is -1.98. The van der Waals surface area contributed by atoms with Crippen molar-refractivity contribution in [1.82, 2.24) is 0 Å². The Morgan fingerprint density at radius 3 is 2.85 bits per heavy atom. The molecule has 0 aliphatic rings. The third kappa shape index (κ3) is 3.44. The van der Waals surface area contributed by atoms with Gasteiger partial charge in [-0.25, -0.2) is 0 Å². The first-order valence-electron chi connectivity index (χ1n) is 3.70. The summed E-state index contributed by atoms with van der Waals surface area (Å²) in [5.41, 5.74) is 1.05. The monoisotopic (exact) mass is 301 g/mol. The molecule has 0 N–H and O–H groups in total. The van der Waals surface area contributed by atoms with E-state index >= 15 is 0 Å². The van der Waals surface area contributed by atoms with Crippen LogP contribution in [0.1, 0.15) is 12.0 Å². The van der Waals surface area contributed by atoms with Crippen molar-refractivity contribution >= 4 is 44.2 Å². The number of hydrogen-bond donors (Lipinski definition) is 0. The summed E-state index contributed by atoms with van der Waals surface area (Å²) in [6, 6.07) is 5.88. The second-order valence-corrected chi connectivity index (χ2v) is 4.19. The van der Waals surface area contributed by atoms with Crippen LogP contribution < -0.4 is 0 Å². The molecule has 0 amide bonds. The number of halogens is 2. The van der Waals surface area contributed by atoms with E-state index in [2.05, 4.69) is 31.9 Å². The fraction of sp³-hybridized carbons (Fsp3) is 0.100. The molecule has 1 rings (SSSR count). The number of carbonyl (C=O) groups excluding carboxylic acids is 1. The summed E-state index contributed by atoms with van der Waals surface area (Å²) in [4.78, 5) is 9.95. The zero-order valence-corrected chi connectivity index (χ0v) is 9.93. The molecule has 0 bridgehead atoms. The van der Waals surface area contributed by atoms with Gasteiger partial charge in [0.25, 0.3) is 0 Å². The van der Waals surface area contributed by atoms with Crippen molar-refractivity contribution in [3.63, 3.8) is 0 Å². The smallest absolute Gasteiger partial charge is 0.202 e. The minimum absolute atomic E-state index is 0.332. The third-order valence-corrected chi connectivity index (χ3v) is 2.67. The summed E-state index contributed by atoms with van der Waals surface area (Å²) < 4.78 is 2.03. The summed E-state index contributed by atoms with van der Waals surface area (Å²) in [5, 5.41) is 0. The van der Waals surface area contributed by atoms with Crippen LogP contribution in [0.3, 0.4) is 0 Å². The first-order valence-corrected chi connectivity index (χ1v) is 5.29. The van der Waals surface area contributed by atoms with E-state index in [1.54, 1.807) is 6.08 Å². The Morgan fingerprint density at radius 1 is 1.38 bits per heavy atom. The molecule has 0 atom stereocenters. The highest BCUT2D eigenvalue weighted by molar-refractivity contribution is 9.11. The average Bonchev–Trinajstić information content (AvgIpc) is 2.11. The topological polar surface area (TPSA) is 17.1 Å². The number of benzene rings is 1. The van der Waals surface area contributed by atoms with Gasteiger partial charge in [0.15, 0.2) is 0 Å². The Bertz CT molecular complexity index is 332. The molecule has 0 saturated heterocycles. The second-order valence-electron chi connectivity index (χ2n) is 2.42. The van der Waals surface area contributed by atoms with Gasteiger partial charge in [-0.05, 0) is 23.8 Å². The first-order chi connectivity index (χ1) is 6.24. The molecule has 1 aromatic carbocycles. The van der Waals surface area contributed by atoms with Gasteiger partial charge >= 0.3 is 0 Å². The SMILES string of the molecule is O=[C]C/C=C/c1cc(Br)ccc1Br. The van der Waals surface area contributed by atoms with E-state index in [9.17, 15) is 4.79 Å². The van der Waals surface area contributed by atoms with Crippen molar-refractivity contribution in [2.45, 2.75) is 6.42 Å². The summed E-state index contributed by atoms with van der Waals surface area (Å²) in [6.45, 7) is 0. The van der Waals surface area contributed by atoms with E-state index in [4.69, 9.17) is 0 Å². The molecule has 0 unspecified atom stereocenters. The van der Waals surface area contributed by atoms with E-state index in [-0.39, 0.29) is 0 Å². The maximum absolute atomic E-state index is 9.95. The maximum Gasteiger partial charge on any atom is 0.202 e. The molecular formula is C10H7Br2O.